The molecule has 2 aromatic carbocycles. The van der Waals surface area contributed by atoms with Gasteiger partial charge < -0.3 is 4.74 Å². The van der Waals surface area contributed by atoms with Crippen molar-refractivity contribution in [3.63, 3.8) is 0 Å². The van der Waals surface area contributed by atoms with Gasteiger partial charge in [-0.15, -0.1) is 0 Å². The molecule has 3 heteroatoms. The van der Waals surface area contributed by atoms with E-state index in [0.717, 1.165) is 11.1 Å². The predicted molar refractivity (Wildman–Crippen MR) is 72.8 cm³/mol. The number of hydrogen-bond donors (Lipinski definition) is 0. The third-order valence-electron chi connectivity index (χ3n) is 2.70. The third kappa shape index (κ3) is 3.52. The highest BCUT2D eigenvalue weighted by molar-refractivity contribution is 5.98. The maximum atomic E-state index is 11.9. The van der Waals surface area contributed by atoms with Crippen molar-refractivity contribution in [2.45, 2.75) is 6.92 Å². The molecule has 0 heterocycles. The van der Waals surface area contributed by atoms with Gasteiger partial charge in [0.25, 0.3) is 0 Å². The Bertz CT molecular complexity index is 588. The summed E-state index contributed by atoms with van der Waals surface area (Å²) in [6.45, 7) is 1.07. The van der Waals surface area contributed by atoms with Crippen molar-refractivity contribution in [2.75, 3.05) is 6.61 Å². The standard InChI is InChI=1S/C16H14O3/c1-12(17)19-11-16(18)15-9-5-8-14(10-15)13-6-3-2-4-7-13/h2-10H,11H2,1H3. The normalized spacial score (nSPS) is 9.95. The number of ether oxygens (including phenoxy) is 1. The summed E-state index contributed by atoms with van der Waals surface area (Å²) in [7, 11) is 0. The van der Waals surface area contributed by atoms with Crippen LogP contribution in [0.2, 0.25) is 0 Å². The first-order valence-electron chi connectivity index (χ1n) is 5.99. The smallest absolute Gasteiger partial charge is 0.303 e. The molecule has 0 spiro atoms. The fraction of sp³-hybridized carbons (Fsp3) is 0.125. The fourth-order valence-corrected chi connectivity index (χ4v) is 1.75. The molecular formula is C16H14O3. The van der Waals surface area contributed by atoms with E-state index in [1.54, 1.807) is 12.1 Å². The monoisotopic (exact) mass is 254 g/mol. The largest absolute Gasteiger partial charge is 0.457 e. The number of esters is 1. The Balaban J connectivity index is 2.20. The van der Waals surface area contributed by atoms with E-state index in [4.69, 9.17) is 4.74 Å². The third-order valence-corrected chi connectivity index (χ3v) is 2.70. The Kier molecular flexibility index (Phi) is 4.08. The van der Waals surface area contributed by atoms with Gasteiger partial charge in [0.1, 0.15) is 0 Å². The summed E-state index contributed by atoms with van der Waals surface area (Å²) in [4.78, 5) is 22.5. The topological polar surface area (TPSA) is 43.4 Å². The van der Waals surface area contributed by atoms with Crippen molar-refractivity contribution < 1.29 is 14.3 Å². The first-order chi connectivity index (χ1) is 9.16. The molecule has 2 rings (SSSR count). The minimum Gasteiger partial charge on any atom is -0.457 e. The van der Waals surface area contributed by atoms with Crippen LogP contribution in [0, 0.1) is 0 Å². The number of carbonyl (C=O) groups is 2. The zero-order valence-corrected chi connectivity index (χ0v) is 10.6. The van der Waals surface area contributed by atoms with Gasteiger partial charge in [-0.25, -0.2) is 0 Å². The minimum atomic E-state index is -0.451. The lowest BCUT2D eigenvalue weighted by Crippen LogP contribution is -2.11. The van der Waals surface area contributed by atoms with Crippen molar-refractivity contribution in [3.8, 4) is 11.1 Å². The molecule has 2 aromatic rings. The molecule has 0 saturated carbocycles. The molecule has 0 aromatic heterocycles. The molecule has 0 bridgehead atoms. The van der Waals surface area contributed by atoms with Gasteiger partial charge in [0.15, 0.2) is 12.4 Å². The van der Waals surface area contributed by atoms with Crippen LogP contribution >= 0.6 is 0 Å². The Morgan fingerprint density at radius 2 is 1.63 bits per heavy atom. The summed E-state index contributed by atoms with van der Waals surface area (Å²) in [5.41, 5.74) is 2.56. The van der Waals surface area contributed by atoms with Crippen LogP contribution in [0.25, 0.3) is 11.1 Å². The highest BCUT2D eigenvalue weighted by Gasteiger charge is 2.08. The molecule has 0 radical (unpaired) electrons. The molecule has 0 aliphatic heterocycles. The van der Waals surface area contributed by atoms with Crippen molar-refractivity contribution in [1.82, 2.24) is 0 Å². The van der Waals surface area contributed by atoms with Crippen LogP contribution in [-0.2, 0) is 9.53 Å². The first-order valence-corrected chi connectivity index (χ1v) is 5.99. The average molecular weight is 254 g/mol. The lowest BCUT2D eigenvalue weighted by molar-refractivity contribution is -0.139. The van der Waals surface area contributed by atoms with E-state index in [1.165, 1.54) is 6.92 Å². The van der Waals surface area contributed by atoms with Gasteiger partial charge in [-0.2, -0.15) is 0 Å². The fourth-order valence-electron chi connectivity index (χ4n) is 1.75. The van der Waals surface area contributed by atoms with Crippen LogP contribution in [0.4, 0.5) is 0 Å². The molecule has 0 saturated heterocycles. The van der Waals surface area contributed by atoms with Crippen LogP contribution < -0.4 is 0 Å². The Morgan fingerprint density at radius 3 is 2.32 bits per heavy atom. The number of rotatable bonds is 4. The summed E-state index contributed by atoms with van der Waals surface area (Å²) >= 11 is 0. The molecule has 0 fully saturated rings. The number of ketones is 1. The quantitative estimate of drug-likeness (QED) is 0.622. The van der Waals surface area contributed by atoms with Crippen LogP contribution in [0.3, 0.4) is 0 Å². The van der Waals surface area contributed by atoms with Crippen LogP contribution in [0.5, 0.6) is 0 Å². The van der Waals surface area contributed by atoms with Gasteiger partial charge in [-0.05, 0) is 17.2 Å². The summed E-state index contributed by atoms with van der Waals surface area (Å²) < 4.78 is 4.72. The summed E-state index contributed by atoms with van der Waals surface area (Å²) in [5.74, 6) is -0.652. The second kappa shape index (κ2) is 5.96. The van der Waals surface area contributed by atoms with Crippen molar-refractivity contribution in [2.24, 2.45) is 0 Å². The first kappa shape index (κ1) is 13.0. The molecule has 0 N–H and O–H groups in total. The molecule has 19 heavy (non-hydrogen) atoms. The number of carbonyl (C=O) groups excluding carboxylic acids is 2. The zero-order chi connectivity index (χ0) is 13.7. The Labute approximate surface area is 111 Å². The molecule has 0 aliphatic rings. The van der Waals surface area contributed by atoms with Crippen LogP contribution in [0.1, 0.15) is 17.3 Å². The number of Topliss-reactive ketones (excluding diaryl/α,β-unsaturated/α-hetero) is 1. The van der Waals surface area contributed by atoms with E-state index in [1.807, 2.05) is 42.5 Å². The number of benzene rings is 2. The van der Waals surface area contributed by atoms with Crippen molar-refractivity contribution in [1.29, 1.82) is 0 Å². The lowest BCUT2D eigenvalue weighted by atomic mass is 10.0. The van der Waals surface area contributed by atoms with Crippen LogP contribution in [-0.4, -0.2) is 18.4 Å². The van der Waals surface area contributed by atoms with Gasteiger partial charge in [-0.1, -0.05) is 48.5 Å². The van der Waals surface area contributed by atoms with Crippen molar-refractivity contribution >= 4 is 11.8 Å². The second-order valence-electron chi connectivity index (χ2n) is 4.15. The highest BCUT2D eigenvalue weighted by atomic mass is 16.5. The maximum absolute atomic E-state index is 11.9. The van der Waals surface area contributed by atoms with E-state index in [9.17, 15) is 9.59 Å². The average Bonchev–Trinajstić information content (AvgIpc) is 2.46. The zero-order valence-electron chi connectivity index (χ0n) is 10.6. The minimum absolute atomic E-state index is 0.201. The maximum Gasteiger partial charge on any atom is 0.303 e. The molecule has 0 amide bonds. The molecule has 0 aliphatic carbocycles. The van der Waals surface area contributed by atoms with E-state index in [2.05, 4.69) is 0 Å². The van der Waals surface area contributed by atoms with Gasteiger partial charge >= 0.3 is 5.97 Å². The van der Waals surface area contributed by atoms with Gasteiger partial charge in [0.2, 0.25) is 0 Å². The van der Waals surface area contributed by atoms with Gasteiger partial charge in [-0.3, -0.25) is 9.59 Å². The lowest BCUT2D eigenvalue weighted by Gasteiger charge is -2.05. The van der Waals surface area contributed by atoms with Gasteiger partial charge in [0.05, 0.1) is 0 Å². The van der Waals surface area contributed by atoms with E-state index >= 15 is 0 Å². The van der Waals surface area contributed by atoms with Crippen molar-refractivity contribution in [3.05, 3.63) is 60.2 Å². The molecule has 0 unspecified atom stereocenters. The highest BCUT2D eigenvalue weighted by Crippen LogP contribution is 2.20. The summed E-state index contributed by atoms with van der Waals surface area (Å²) in [6, 6.07) is 17.1. The van der Waals surface area contributed by atoms with Crippen LogP contribution in [0.15, 0.2) is 54.6 Å². The molecule has 3 nitrogen and oxygen atoms in total. The predicted octanol–water partition coefficient (Wildman–Crippen LogP) is 3.10. The summed E-state index contributed by atoms with van der Waals surface area (Å²) in [5, 5.41) is 0. The summed E-state index contributed by atoms with van der Waals surface area (Å²) in [6.07, 6.45) is 0. The van der Waals surface area contributed by atoms with Gasteiger partial charge in [0, 0.05) is 12.5 Å². The SMILES string of the molecule is CC(=O)OCC(=O)c1cccc(-c2ccccc2)c1. The van der Waals surface area contributed by atoms with E-state index in [0.29, 0.717) is 5.56 Å². The molecular weight excluding hydrogens is 240 g/mol. The van der Waals surface area contributed by atoms with E-state index in [-0.39, 0.29) is 12.4 Å². The number of hydrogen-bond acceptors (Lipinski definition) is 3. The second-order valence-corrected chi connectivity index (χ2v) is 4.15. The Hall–Kier alpha value is -2.42. The molecule has 0 atom stereocenters. The molecule has 96 valence electrons. The Morgan fingerprint density at radius 1 is 0.947 bits per heavy atom. The van der Waals surface area contributed by atoms with E-state index < -0.39 is 5.97 Å².